The first kappa shape index (κ1) is 15.8. The molecule has 2 aromatic rings. The topological polar surface area (TPSA) is 80.2 Å². The van der Waals surface area contributed by atoms with Gasteiger partial charge in [0.25, 0.3) is 5.91 Å². The molecular weight excluding hydrogens is 318 g/mol. The maximum absolute atomic E-state index is 12.4. The number of pyridine rings is 1. The minimum atomic E-state index is -0.102. The van der Waals surface area contributed by atoms with Crippen molar-refractivity contribution in [1.82, 2.24) is 20.3 Å². The lowest BCUT2D eigenvalue weighted by molar-refractivity contribution is 0.0940. The standard InChI is InChI=1S/C18H21N5O2/c1-25-16-6-5-12(9-19-16)18(24)22-13-7-8-23(10-13)17-14-3-2-4-15(14)20-11-21-17/h5-6,9,11,13H,2-4,7-8,10H2,1H3,(H,22,24). The number of rotatable bonds is 4. The SMILES string of the molecule is COc1ccc(C(=O)NC2CCN(c3ncnc4c3CCC4)C2)cn1. The number of carbonyl (C=O) groups excluding carboxylic acids is 1. The quantitative estimate of drug-likeness (QED) is 0.906. The summed E-state index contributed by atoms with van der Waals surface area (Å²) >= 11 is 0. The highest BCUT2D eigenvalue weighted by atomic mass is 16.5. The first-order valence-electron chi connectivity index (χ1n) is 8.63. The highest BCUT2D eigenvalue weighted by Gasteiger charge is 2.28. The number of fused-ring (bicyclic) bond motifs is 1. The number of anilines is 1. The summed E-state index contributed by atoms with van der Waals surface area (Å²) < 4.78 is 5.02. The van der Waals surface area contributed by atoms with E-state index in [1.807, 2.05) is 0 Å². The number of hydrogen-bond acceptors (Lipinski definition) is 6. The van der Waals surface area contributed by atoms with Crippen LogP contribution >= 0.6 is 0 Å². The van der Waals surface area contributed by atoms with Crippen molar-refractivity contribution in [3.05, 3.63) is 41.5 Å². The van der Waals surface area contributed by atoms with Crippen LogP contribution in [0.1, 0.15) is 34.5 Å². The zero-order valence-corrected chi connectivity index (χ0v) is 14.2. The van der Waals surface area contributed by atoms with Gasteiger partial charge >= 0.3 is 0 Å². The van der Waals surface area contributed by atoms with Crippen molar-refractivity contribution in [2.45, 2.75) is 31.7 Å². The second-order valence-corrected chi connectivity index (χ2v) is 6.47. The average molecular weight is 339 g/mol. The summed E-state index contributed by atoms with van der Waals surface area (Å²) in [7, 11) is 1.55. The maximum atomic E-state index is 12.4. The fourth-order valence-electron chi connectivity index (χ4n) is 3.59. The van der Waals surface area contributed by atoms with Gasteiger partial charge in [0, 0.05) is 42.7 Å². The lowest BCUT2D eigenvalue weighted by atomic mass is 10.2. The molecule has 25 heavy (non-hydrogen) atoms. The van der Waals surface area contributed by atoms with Crippen LogP contribution in [-0.2, 0) is 12.8 Å². The van der Waals surface area contributed by atoms with E-state index in [0.29, 0.717) is 11.4 Å². The van der Waals surface area contributed by atoms with Crippen LogP contribution in [0.25, 0.3) is 0 Å². The van der Waals surface area contributed by atoms with Gasteiger partial charge < -0.3 is 15.0 Å². The number of nitrogens with zero attached hydrogens (tertiary/aromatic N) is 4. The van der Waals surface area contributed by atoms with Crippen molar-refractivity contribution in [3.8, 4) is 5.88 Å². The number of methoxy groups -OCH3 is 1. The molecule has 4 rings (SSSR count). The number of nitrogens with one attached hydrogen (secondary N) is 1. The second-order valence-electron chi connectivity index (χ2n) is 6.47. The Kier molecular flexibility index (Phi) is 4.21. The highest BCUT2D eigenvalue weighted by Crippen LogP contribution is 2.29. The third-order valence-corrected chi connectivity index (χ3v) is 4.88. The molecule has 1 fully saturated rings. The Balaban J connectivity index is 1.41. The van der Waals surface area contributed by atoms with Gasteiger partial charge in [-0.25, -0.2) is 15.0 Å². The fourth-order valence-corrected chi connectivity index (χ4v) is 3.59. The molecule has 0 spiro atoms. The summed E-state index contributed by atoms with van der Waals surface area (Å²) in [6.07, 6.45) is 7.36. The number of hydrogen-bond donors (Lipinski definition) is 1. The third kappa shape index (κ3) is 3.14. The predicted octanol–water partition coefficient (Wildman–Crippen LogP) is 1.38. The van der Waals surface area contributed by atoms with Gasteiger partial charge in [0.1, 0.15) is 12.1 Å². The van der Waals surface area contributed by atoms with E-state index in [9.17, 15) is 4.79 Å². The number of amides is 1. The highest BCUT2D eigenvalue weighted by molar-refractivity contribution is 5.94. The first-order chi connectivity index (χ1) is 12.2. The molecule has 3 heterocycles. The molecular formula is C18H21N5O2. The van der Waals surface area contributed by atoms with Crippen LogP contribution in [0.3, 0.4) is 0 Å². The van der Waals surface area contributed by atoms with E-state index >= 15 is 0 Å². The molecule has 0 aromatic carbocycles. The van der Waals surface area contributed by atoms with Crippen molar-refractivity contribution in [3.63, 3.8) is 0 Å². The van der Waals surface area contributed by atoms with E-state index in [0.717, 1.165) is 44.6 Å². The summed E-state index contributed by atoms with van der Waals surface area (Å²) in [5.74, 6) is 1.45. The number of aromatic nitrogens is 3. The molecule has 0 radical (unpaired) electrons. The monoisotopic (exact) mass is 339 g/mol. The molecule has 7 nitrogen and oxygen atoms in total. The molecule has 1 N–H and O–H groups in total. The van der Waals surface area contributed by atoms with Crippen LogP contribution in [0.4, 0.5) is 5.82 Å². The van der Waals surface area contributed by atoms with Crippen LogP contribution in [0, 0.1) is 0 Å². The maximum Gasteiger partial charge on any atom is 0.253 e. The predicted molar refractivity (Wildman–Crippen MR) is 92.9 cm³/mol. The Hall–Kier alpha value is -2.70. The van der Waals surface area contributed by atoms with Crippen LogP contribution in [-0.4, -0.2) is 47.1 Å². The third-order valence-electron chi connectivity index (χ3n) is 4.88. The Morgan fingerprint density at radius 3 is 3.00 bits per heavy atom. The zero-order chi connectivity index (χ0) is 17.2. The van der Waals surface area contributed by atoms with Crippen LogP contribution in [0.15, 0.2) is 24.7 Å². The van der Waals surface area contributed by atoms with Gasteiger partial charge in [-0.05, 0) is 31.7 Å². The summed E-state index contributed by atoms with van der Waals surface area (Å²) in [5.41, 5.74) is 3.01. The molecule has 1 saturated heterocycles. The van der Waals surface area contributed by atoms with E-state index in [1.165, 1.54) is 17.5 Å². The minimum Gasteiger partial charge on any atom is -0.481 e. The molecule has 1 aliphatic carbocycles. The molecule has 0 saturated carbocycles. The van der Waals surface area contributed by atoms with Crippen LogP contribution in [0.2, 0.25) is 0 Å². The zero-order valence-electron chi connectivity index (χ0n) is 14.2. The second kappa shape index (κ2) is 6.66. The number of ether oxygens (including phenoxy) is 1. The Morgan fingerprint density at radius 1 is 1.28 bits per heavy atom. The Labute approximate surface area is 146 Å². The minimum absolute atomic E-state index is 0.102. The van der Waals surface area contributed by atoms with E-state index in [-0.39, 0.29) is 11.9 Å². The van der Waals surface area contributed by atoms with Gasteiger partial charge in [-0.2, -0.15) is 0 Å². The average Bonchev–Trinajstić information content (AvgIpc) is 3.30. The first-order valence-corrected chi connectivity index (χ1v) is 8.63. The van der Waals surface area contributed by atoms with Gasteiger partial charge in [-0.1, -0.05) is 0 Å². The van der Waals surface area contributed by atoms with Crippen molar-refractivity contribution >= 4 is 11.7 Å². The summed E-state index contributed by atoms with van der Waals surface area (Å²) in [6, 6.07) is 3.53. The van der Waals surface area contributed by atoms with Crippen molar-refractivity contribution in [2.24, 2.45) is 0 Å². The fraction of sp³-hybridized carbons (Fsp3) is 0.444. The molecule has 1 aliphatic heterocycles. The van der Waals surface area contributed by atoms with E-state index in [1.54, 1.807) is 25.6 Å². The number of aryl methyl sites for hydroxylation is 1. The van der Waals surface area contributed by atoms with Crippen LogP contribution in [0.5, 0.6) is 5.88 Å². The van der Waals surface area contributed by atoms with E-state index in [2.05, 4.69) is 25.2 Å². The molecule has 1 unspecified atom stereocenters. The largest absolute Gasteiger partial charge is 0.481 e. The molecule has 0 bridgehead atoms. The van der Waals surface area contributed by atoms with Gasteiger partial charge in [-0.15, -0.1) is 0 Å². The van der Waals surface area contributed by atoms with Crippen LogP contribution < -0.4 is 15.0 Å². The Morgan fingerprint density at radius 2 is 2.20 bits per heavy atom. The Bertz CT molecular complexity index is 778. The molecule has 2 aromatic heterocycles. The molecule has 130 valence electrons. The normalized spacial score (nSPS) is 18.9. The lowest BCUT2D eigenvalue weighted by Crippen LogP contribution is -2.37. The lowest BCUT2D eigenvalue weighted by Gasteiger charge is -2.20. The summed E-state index contributed by atoms with van der Waals surface area (Å²) in [5, 5.41) is 3.10. The van der Waals surface area contributed by atoms with Crippen molar-refractivity contribution in [2.75, 3.05) is 25.1 Å². The molecule has 2 aliphatic rings. The van der Waals surface area contributed by atoms with E-state index < -0.39 is 0 Å². The van der Waals surface area contributed by atoms with Gasteiger partial charge in [0.15, 0.2) is 0 Å². The number of carbonyl (C=O) groups is 1. The smallest absolute Gasteiger partial charge is 0.253 e. The summed E-state index contributed by atoms with van der Waals surface area (Å²) in [4.78, 5) is 27.6. The molecule has 1 amide bonds. The van der Waals surface area contributed by atoms with Gasteiger partial charge in [0.05, 0.1) is 12.7 Å². The van der Waals surface area contributed by atoms with Gasteiger partial charge in [0.2, 0.25) is 5.88 Å². The van der Waals surface area contributed by atoms with Gasteiger partial charge in [-0.3, -0.25) is 4.79 Å². The van der Waals surface area contributed by atoms with Crippen molar-refractivity contribution in [1.29, 1.82) is 0 Å². The summed E-state index contributed by atoms with van der Waals surface area (Å²) in [6.45, 7) is 1.67. The van der Waals surface area contributed by atoms with Crippen molar-refractivity contribution < 1.29 is 9.53 Å². The molecule has 7 heteroatoms. The van der Waals surface area contributed by atoms with E-state index in [4.69, 9.17) is 4.74 Å². The molecule has 1 atom stereocenters.